The Morgan fingerprint density at radius 1 is 1.44 bits per heavy atom. The lowest BCUT2D eigenvalue weighted by molar-refractivity contribution is -0.118. The Morgan fingerprint density at radius 3 is 2.56 bits per heavy atom. The van der Waals surface area contributed by atoms with Crippen LogP contribution in [0.4, 0.5) is 0 Å². The predicted octanol–water partition coefficient (Wildman–Crippen LogP) is 1.70. The summed E-state index contributed by atoms with van der Waals surface area (Å²) in [5.74, 6) is -0.224. The molecule has 16 heavy (non-hydrogen) atoms. The fraction of sp³-hybridized carbons (Fsp3) is 0.300. The maximum absolute atomic E-state index is 11.8. The molecule has 0 aliphatic heterocycles. The molecule has 1 rings (SSSR count). The maximum atomic E-state index is 11.8. The minimum Gasteiger partial charge on any atom is -0.298 e. The molecule has 0 spiro atoms. The van der Waals surface area contributed by atoms with Gasteiger partial charge < -0.3 is 0 Å². The maximum Gasteiger partial charge on any atom is 0.241 e. The van der Waals surface area contributed by atoms with Crippen molar-refractivity contribution in [3.05, 3.63) is 28.7 Å². The van der Waals surface area contributed by atoms with E-state index < -0.39 is 16.1 Å². The third-order valence-corrected chi connectivity index (χ3v) is 4.08. The lowest BCUT2D eigenvalue weighted by Gasteiger charge is -2.11. The normalized spacial score (nSPS) is 13.4. The van der Waals surface area contributed by atoms with Gasteiger partial charge in [-0.1, -0.05) is 22.0 Å². The van der Waals surface area contributed by atoms with Crippen LogP contribution in [0.2, 0.25) is 0 Å². The van der Waals surface area contributed by atoms with E-state index in [9.17, 15) is 13.2 Å². The highest BCUT2D eigenvalue weighted by molar-refractivity contribution is 9.10. The average Bonchev–Trinajstić information content (AvgIpc) is 2.17. The summed E-state index contributed by atoms with van der Waals surface area (Å²) in [5.41, 5.74) is 0. The number of sulfonamides is 1. The van der Waals surface area contributed by atoms with Crippen LogP contribution in [0.5, 0.6) is 0 Å². The summed E-state index contributed by atoms with van der Waals surface area (Å²) in [4.78, 5) is 11.1. The van der Waals surface area contributed by atoms with Gasteiger partial charge in [-0.25, -0.2) is 13.1 Å². The van der Waals surface area contributed by atoms with Crippen LogP contribution in [-0.2, 0) is 14.8 Å². The van der Waals surface area contributed by atoms with Crippen LogP contribution < -0.4 is 4.72 Å². The summed E-state index contributed by atoms with van der Waals surface area (Å²) in [5, 5.41) is 0. The van der Waals surface area contributed by atoms with Gasteiger partial charge in [0.05, 0.1) is 10.9 Å². The van der Waals surface area contributed by atoms with Crippen molar-refractivity contribution in [2.45, 2.75) is 24.8 Å². The number of carbonyl (C=O) groups excluding carboxylic acids is 1. The van der Waals surface area contributed by atoms with Crippen molar-refractivity contribution >= 4 is 31.7 Å². The van der Waals surface area contributed by atoms with E-state index in [0.29, 0.717) is 4.47 Å². The highest BCUT2D eigenvalue weighted by Crippen LogP contribution is 2.16. The molecule has 1 atom stereocenters. The van der Waals surface area contributed by atoms with Crippen LogP contribution in [0.15, 0.2) is 33.6 Å². The van der Waals surface area contributed by atoms with E-state index in [-0.39, 0.29) is 10.7 Å². The van der Waals surface area contributed by atoms with Gasteiger partial charge in [-0.3, -0.25) is 4.79 Å². The zero-order valence-corrected chi connectivity index (χ0v) is 11.3. The molecule has 1 aromatic carbocycles. The first kappa shape index (κ1) is 13.3. The Kier molecular flexibility index (Phi) is 4.23. The van der Waals surface area contributed by atoms with Crippen LogP contribution in [0, 0.1) is 0 Å². The van der Waals surface area contributed by atoms with Crippen molar-refractivity contribution in [2.75, 3.05) is 0 Å². The van der Waals surface area contributed by atoms with E-state index in [1.54, 1.807) is 12.1 Å². The molecule has 0 amide bonds. The highest BCUT2D eigenvalue weighted by atomic mass is 79.9. The monoisotopic (exact) mass is 305 g/mol. The summed E-state index contributed by atoms with van der Waals surface area (Å²) < 4.78 is 26.6. The zero-order valence-electron chi connectivity index (χ0n) is 8.90. The fourth-order valence-corrected chi connectivity index (χ4v) is 2.88. The molecule has 0 bridgehead atoms. The van der Waals surface area contributed by atoms with Gasteiger partial charge >= 0.3 is 0 Å². The summed E-state index contributed by atoms with van der Waals surface area (Å²) in [6.07, 6.45) is 0. The lowest BCUT2D eigenvalue weighted by atomic mass is 10.3. The molecule has 4 nitrogen and oxygen atoms in total. The summed E-state index contributed by atoms with van der Waals surface area (Å²) in [7, 11) is -3.63. The molecule has 1 aromatic rings. The molecule has 0 heterocycles. The average molecular weight is 306 g/mol. The smallest absolute Gasteiger partial charge is 0.241 e. The van der Waals surface area contributed by atoms with E-state index in [1.807, 2.05) is 0 Å². The number of Topliss-reactive ketones (excluding diaryl/α,β-unsaturated/α-hetero) is 1. The van der Waals surface area contributed by atoms with Crippen molar-refractivity contribution in [1.29, 1.82) is 0 Å². The fourth-order valence-electron chi connectivity index (χ4n) is 1.02. The van der Waals surface area contributed by atoms with Gasteiger partial charge in [0.15, 0.2) is 0 Å². The van der Waals surface area contributed by atoms with Gasteiger partial charge in [0, 0.05) is 4.47 Å². The Balaban J connectivity index is 2.99. The Hall–Kier alpha value is -0.720. The number of rotatable bonds is 4. The van der Waals surface area contributed by atoms with Gasteiger partial charge in [-0.05, 0) is 32.0 Å². The first-order valence-electron chi connectivity index (χ1n) is 4.61. The number of nitrogens with one attached hydrogen (secondary N) is 1. The minimum absolute atomic E-state index is 0.134. The number of carbonyl (C=O) groups is 1. The second kappa shape index (κ2) is 5.07. The third-order valence-electron chi connectivity index (χ3n) is 2.05. The van der Waals surface area contributed by atoms with Crippen LogP contribution in [0.25, 0.3) is 0 Å². The van der Waals surface area contributed by atoms with Gasteiger partial charge in [0.2, 0.25) is 10.0 Å². The molecule has 6 heteroatoms. The van der Waals surface area contributed by atoms with E-state index in [1.165, 1.54) is 26.0 Å². The van der Waals surface area contributed by atoms with Crippen molar-refractivity contribution in [3.8, 4) is 0 Å². The van der Waals surface area contributed by atoms with Gasteiger partial charge in [0.25, 0.3) is 0 Å². The van der Waals surface area contributed by atoms with Crippen molar-refractivity contribution in [1.82, 2.24) is 4.72 Å². The topological polar surface area (TPSA) is 63.2 Å². The molecule has 0 aromatic heterocycles. The molecular weight excluding hydrogens is 294 g/mol. The van der Waals surface area contributed by atoms with Crippen LogP contribution in [0.3, 0.4) is 0 Å². The van der Waals surface area contributed by atoms with Crippen molar-refractivity contribution in [3.63, 3.8) is 0 Å². The lowest BCUT2D eigenvalue weighted by Crippen LogP contribution is -2.37. The Labute approximate surface area is 103 Å². The number of hydrogen-bond donors (Lipinski definition) is 1. The largest absolute Gasteiger partial charge is 0.298 e. The molecule has 0 radical (unpaired) electrons. The van der Waals surface area contributed by atoms with Gasteiger partial charge in [-0.2, -0.15) is 0 Å². The van der Waals surface area contributed by atoms with Gasteiger partial charge in [0.1, 0.15) is 5.78 Å². The molecule has 1 unspecified atom stereocenters. The quantitative estimate of drug-likeness (QED) is 0.921. The molecule has 88 valence electrons. The standard InChI is InChI=1S/C10H12BrNO3S/c1-7(8(2)13)12-16(14,15)10-5-3-4-9(11)6-10/h3-7,12H,1-2H3. The number of halogens is 1. The van der Waals surface area contributed by atoms with Gasteiger partial charge in [-0.15, -0.1) is 0 Å². The van der Waals surface area contributed by atoms with Crippen LogP contribution in [0.1, 0.15) is 13.8 Å². The summed E-state index contributed by atoms with van der Waals surface area (Å²) >= 11 is 3.19. The van der Waals surface area contributed by atoms with E-state index >= 15 is 0 Å². The van der Waals surface area contributed by atoms with E-state index in [0.717, 1.165) is 0 Å². The predicted molar refractivity (Wildman–Crippen MR) is 64.6 cm³/mol. The number of benzene rings is 1. The first-order valence-corrected chi connectivity index (χ1v) is 6.89. The Morgan fingerprint density at radius 2 is 2.06 bits per heavy atom. The first-order chi connectivity index (χ1) is 7.33. The summed E-state index contributed by atoms with van der Waals surface area (Å²) in [6.45, 7) is 2.85. The second-order valence-electron chi connectivity index (χ2n) is 3.41. The minimum atomic E-state index is -3.63. The third kappa shape index (κ3) is 3.40. The molecule has 0 saturated heterocycles. The summed E-state index contributed by atoms with van der Waals surface area (Å²) in [6, 6.07) is 5.59. The molecule has 0 saturated carbocycles. The molecular formula is C10H12BrNO3S. The van der Waals surface area contributed by atoms with Crippen LogP contribution in [-0.4, -0.2) is 20.2 Å². The molecule has 1 N–H and O–H groups in total. The molecule has 0 aliphatic carbocycles. The molecule has 0 aliphatic rings. The van der Waals surface area contributed by atoms with E-state index in [4.69, 9.17) is 0 Å². The van der Waals surface area contributed by atoms with E-state index in [2.05, 4.69) is 20.7 Å². The van der Waals surface area contributed by atoms with Crippen LogP contribution >= 0.6 is 15.9 Å². The Bertz CT molecular complexity index is 499. The molecule has 0 fully saturated rings. The second-order valence-corrected chi connectivity index (χ2v) is 6.04. The number of ketones is 1. The zero-order chi connectivity index (χ0) is 12.3. The highest BCUT2D eigenvalue weighted by Gasteiger charge is 2.19. The van der Waals surface area contributed by atoms with Crippen molar-refractivity contribution in [2.24, 2.45) is 0 Å². The number of hydrogen-bond acceptors (Lipinski definition) is 3. The SMILES string of the molecule is CC(=O)C(C)NS(=O)(=O)c1cccc(Br)c1. The van der Waals surface area contributed by atoms with Crippen molar-refractivity contribution < 1.29 is 13.2 Å².